The van der Waals surface area contributed by atoms with E-state index < -0.39 is 22.2 Å². The van der Waals surface area contributed by atoms with Gasteiger partial charge in [0.1, 0.15) is 23.6 Å². The molecule has 5 rings (SSSR count). The van der Waals surface area contributed by atoms with Gasteiger partial charge in [0, 0.05) is 25.2 Å². The van der Waals surface area contributed by atoms with E-state index in [4.69, 9.17) is 9.15 Å². The summed E-state index contributed by atoms with van der Waals surface area (Å²) in [6, 6.07) is 12.2. The first-order chi connectivity index (χ1) is 17.4. The van der Waals surface area contributed by atoms with E-state index in [1.807, 2.05) is 6.07 Å². The Kier molecular flexibility index (Phi) is 5.98. The maximum atomic E-state index is 12.3. The molecule has 1 aliphatic rings. The fourth-order valence-corrected chi connectivity index (χ4v) is 4.03. The van der Waals surface area contributed by atoms with Crippen LogP contribution in [-0.2, 0) is 17.9 Å². The lowest BCUT2D eigenvalue weighted by atomic mass is 10.1. The number of para-hydroxylation sites is 1. The number of anilines is 1. The number of amides is 1. The molecule has 0 saturated heterocycles. The van der Waals surface area contributed by atoms with Gasteiger partial charge in [0.05, 0.1) is 33.8 Å². The fourth-order valence-electron chi connectivity index (χ4n) is 4.03. The van der Waals surface area contributed by atoms with Crippen molar-refractivity contribution in [2.24, 2.45) is 0 Å². The van der Waals surface area contributed by atoms with Crippen LogP contribution in [0.25, 0.3) is 11.0 Å². The van der Waals surface area contributed by atoms with Crippen LogP contribution in [0, 0.1) is 10.1 Å². The lowest BCUT2D eigenvalue weighted by Gasteiger charge is -2.16. The number of aryl methyl sites for hydroxylation is 1. The lowest BCUT2D eigenvalue weighted by Crippen LogP contribution is -2.30. The van der Waals surface area contributed by atoms with E-state index in [1.54, 1.807) is 29.1 Å². The third-order valence-corrected chi connectivity index (χ3v) is 5.76. The zero-order chi connectivity index (χ0) is 25.2. The van der Waals surface area contributed by atoms with Crippen LogP contribution in [0.3, 0.4) is 0 Å². The number of hydrogen-bond acceptors (Lipinski definition) is 9. The van der Waals surface area contributed by atoms with E-state index in [-0.39, 0.29) is 17.9 Å². The highest BCUT2D eigenvalue weighted by Crippen LogP contribution is 2.32. The number of carbonyl (C=O) groups is 2. The Morgan fingerprint density at radius 3 is 2.67 bits per heavy atom. The van der Waals surface area contributed by atoms with Crippen LogP contribution in [0.5, 0.6) is 5.75 Å². The molecule has 0 spiro atoms. The molecule has 0 unspecified atom stereocenters. The molecule has 36 heavy (non-hydrogen) atoms. The summed E-state index contributed by atoms with van der Waals surface area (Å²) in [5, 5.41) is 19.8. The molecule has 3 heterocycles. The van der Waals surface area contributed by atoms with Gasteiger partial charge < -0.3 is 14.1 Å². The van der Waals surface area contributed by atoms with Crippen LogP contribution in [0.4, 0.5) is 11.4 Å². The number of carbonyl (C=O) groups excluding carboxylic acids is 2. The van der Waals surface area contributed by atoms with E-state index in [0.29, 0.717) is 54.0 Å². The quantitative estimate of drug-likeness (QED) is 0.114. The van der Waals surface area contributed by atoms with Crippen molar-refractivity contribution in [3.63, 3.8) is 0 Å². The highest BCUT2D eigenvalue weighted by molar-refractivity contribution is 6.52. The molecule has 0 saturated carbocycles. The molecule has 12 heteroatoms. The van der Waals surface area contributed by atoms with E-state index in [1.165, 1.54) is 23.1 Å². The van der Waals surface area contributed by atoms with Crippen molar-refractivity contribution in [3.05, 3.63) is 86.5 Å². The van der Waals surface area contributed by atoms with E-state index in [9.17, 15) is 24.5 Å². The molecule has 1 amide bonds. The summed E-state index contributed by atoms with van der Waals surface area (Å²) in [5.74, 6) is -1.03. The fraction of sp³-hybridized carbons (Fsp3) is 0.208. The van der Waals surface area contributed by atoms with Gasteiger partial charge in [0.15, 0.2) is 0 Å². The molecular formula is C24H19N5O7. The topological polar surface area (TPSA) is 151 Å². The van der Waals surface area contributed by atoms with Crippen molar-refractivity contribution in [1.29, 1.82) is 0 Å². The van der Waals surface area contributed by atoms with Gasteiger partial charge in [-0.2, -0.15) is 0 Å². The minimum atomic E-state index is -0.737. The van der Waals surface area contributed by atoms with Crippen molar-refractivity contribution >= 4 is 34.0 Å². The average Bonchev–Trinajstić information content (AvgIpc) is 3.42. The summed E-state index contributed by atoms with van der Waals surface area (Å²) in [7, 11) is 0. The van der Waals surface area contributed by atoms with Crippen molar-refractivity contribution in [2.45, 2.75) is 26.0 Å². The Bertz CT molecular complexity index is 1560. The zero-order valence-corrected chi connectivity index (χ0v) is 18.8. The van der Waals surface area contributed by atoms with Crippen LogP contribution in [0.15, 0.2) is 63.9 Å². The Balaban J connectivity index is 1.15. The molecule has 4 aromatic rings. The molecule has 2 aromatic heterocycles. The maximum absolute atomic E-state index is 12.3. The van der Waals surface area contributed by atoms with Crippen molar-refractivity contribution in [3.8, 4) is 5.75 Å². The molecule has 182 valence electrons. The molecule has 0 fully saturated rings. The number of nitro groups is 1. The minimum absolute atomic E-state index is 0.0547. The van der Waals surface area contributed by atoms with Crippen LogP contribution >= 0.6 is 0 Å². The average molecular weight is 489 g/mol. The third-order valence-electron chi connectivity index (χ3n) is 5.76. The second-order valence-corrected chi connectivity index (χ2v) is 8.14. The van der Waals surface area contributed by atoms with Gasteiger partial charge in [-0.05, 0) is 31.0 Å². The smallest absolute Gasteiger partial charge is 0.339 e. The van der Waals surface area contributed by atoms with E-state index in [2.05, 4.69) is 10.3 Å². The SMILES string of the molecule is O=C1C(=O)N(CCCCn2cc(COc3cc(=O)oc4ccccc34)nn2)c2ccc([N+](=O)[O-])cc21. The first-order valence-corrected chi connectivity index (χ1v) is 11.1. The molecule has 2 aromatic carbocycles. The Morgan fingerprint density at radius 2 is 1.83 bits per heavy atom. The molecule has 12 nitrogen and oxygen atoms in total. The molecule has 0 atom stereocenters. The van der Waals surface area contributed by atoms with Crippen LogP contribution in [0.1, 0.15) is 28.9 Å². The number of aromatic nitrogens is 3. The number of non-ortho nitro benzene ring substituents is 1. The highest BCUT2D eigenvalue weighted by atomic mass is 16.6. The van der Waals surface area contributed by atoms with Crippen LogP contribution in [-0.4, -0.2) is 38.2 Å². The standard InChI is InChI=1S/C24H19N5O7/c30-22-12-21(17-5-1-2-6-20(17)36-22)35-14-15-13-27(26-25-15)9-3-4-10-28-19-8-7-16(29(33)34)11-18(19)23(31)24(28)32/h1-2,5-8,11-13H,3-4,9-10,14H2. The van der Waals surface area contributed by atoms with Gasteiger partial charge >= 0.3 is 5.63 Å². The van der Waals surface area contributed by atoms with E-state index in [0.717, 1.165) is 6.07 Å². The second-order valence-electron chi connectivity index (χ2n) is 8.14. The Hall–Kier alpha value is -4.87. The molecule has 0 bridgehead atoms. The molecule has 0 N–H and O–H groups in total. The number of ether oxygens (including phenoxy) is 1. The van der Waals surface area contributed by atoms with Gasteiger partial charge in [-0.1, -0.05) is 17.3 Å². The predicted molar refractivity (Wildman–Crippen MR) is 126 cm³/mol. The number of nitro benzene ring substituents is 1. The number of ketones is 1. The van der Waals surface area contributed by atoms with Crippen LogP contribution < -0.4 is 15.3 Å². The zero-order valence-electron chi connectivity index (χ0n) is 18.8. The number of fused-ring (bicyclic) bond motifs is 2. The Morgan fingerprint density at radius 1 is 1.03 bits per heavy atom. The first kappa shape index (κ1) is 22.9. The second kappa shape index (κ2) is 9.41. The van der Waals surface area contributed by atoms with Gasteiger partial charge in [0.25, 0.3) is 17.4 Å². The summed E-state index contributed by atoms with van der Waals surface area (Å²) >= 11 is 0. The largest absolute Gasteiger partial charge is 0.486 e. The van der Waals surface area contributed by atoms with Crippen LogP contribution in [0.2, 0.25) is 0 Å². The summed E-state index contributed by atoms with van der Waals surface area (Å²) in [5.41, 5.74) is 0.709. The summed E-state index contributed by atoms with van der Waals surface area (Å²) in [6.07, 6.45) is 2.95. The van der Waals surface area contributed by atoms with Crippen molar-refractivity contribution in [2.75, 3.05) is 11.4 Å². The minimum Gasteiger partial charge on any atom is -0.486 e. The number of benzene rings is 2. The first-order valence-electron chi connectivity index (χ1n) is 11.1. The van der Waals surface area contributed by atoms with Crippen molar-refractivity contribution < 1.29 is 23.7 Å². The number of Topliss-reactive ketones (excluding diaryl/α,β-unsaturated/α-hetero) is 1. The molecule has 1 aliphatic heterocycles. The van der Waals surface area contributed by atoms with Gasteiger partial charge in [-0.25, -0.2) is 4.79 Å². The van der Waals surface area contributed by atoms with Gasteiger partial charge in [-0.3, -0.25) is 24.4 Å². The Labute approximate surface area is 202 Å². The monoisotopic (exact) mass is 489 g/mol. The normalized spacial score (nSPS) is 12.8. The third kappa shape index (κ3) is 4.43. The van der Waals surface area contributed by atoms with Gasteiger partial charge in [0.2, 0.25) is 0 Å². The van der Waals surface area contributed by atoms with E-state index >= 15 is 0 Å². The molecule has 0 radical (unpaired) electrons. The summed E-state index contributed by atoms with van der Waals surface area (Å²) in [6.45, 7) is 0.929. The summed E-state index contributed by atoms with van der Waals surface area (Å²) < 4.78 is 12.6. The number of hydrogen-bond donors (Lipinski definition) is 0. The van der Waals surface area contributed by atoms with Crippen molar-refractivity contribution in [1.82, 2.24) is 15.0 Å². The molecule has 0 aliphatic carbocycles. The number of nitrogens with zero attached hydrogens (tertiary/aromatic N) is 5. The molecular weight excluding hydrogens is 470 g/mol. The maximum Gasteiger partial charge on any atom is 0.339 e. The predicted octanol–water partition coefficient (Wildman–Crippen LogP) is 2.88. The number of unbranched alkanes of at least 4 members (excludes halogenated alkanes) is 1. The lowest BCUT2D eigenvalue weighted by molar-refractivity contribution is -0.384. The highest BCUT2D eigenvalue weighted by Gasteiger charge is 2.36. The number of rotatable bonds is 9. The van der Waals surface area contributed by atoms with Gasteiger partial charge in [-0.15, -0.1) is 5.10 Å². The summed E-state index contributed by atoms with van der Waals surface area (Å²) in [4.78, 5) is 48.0.